The quantitative estimate of drug-likeness (QED) is 0.553. The van der Waals surface area contributed by atoms with Gasteiger partial charge in [0, 0.05) is 10.8 Å². The van der Waals surface area contributed by atoms with Crippen LogP contribution in [0.3, 0.4) is 0 Å². The molecule has 0 unspecified atom stereocenters. The lowest BCUT2D eigenvalue weighted by Crippen LogP contribution is -2.33. The van der Waals surface area contributed by atoms with Crippen molar-refractivity contribution >= 4 is 28.7 Å². The summed E-state index contributed by atoms with van der Waals surface area (Å²) in [5.74, 6) is -0.709. The second-order valence-electron chi connectivity index (χ2n) is 6.20. The van der Waals surface area contributed by atoms with Crippen LogP contribution >= 0.6 is 11.3 Å². The van der Waals surface area contributed by atoms with E-state index in [0.29, 0.717) is 17.9 Å². The zero-order valence-corrected chi connectivity index (χ0v) is 16.4. The Hall–Kier alpha value is -2.60. The Bertz CT molecular complexity index is 853. The van der Waals surface area contributed by atoms with Crippen LogP contribution in [-0.4, -0.2) is 32.6 Å². The first-order chi connectivity index (χ1) is 13.1. The highest BCUT2D eigenvalue weighted by Crippen LogP contribution is 2.43. The summed E-state index contributed by atoms with van der Waals surface area (Å²) in [5, 5.41) is 1.98. The maximum absolute atomic E-state index is 12.8. The highest BCUT2D eigenvalue weighted by Gasteiger charge is 2.40. The van der Waals surface area contributed by atoms with Gasteiger partial charge in [-0.2, -0.15) is 0 Å². The number of thiophene rings is 1. The lowest BCUT2D eigenvalue weighted by molar-refractivity contribution is -0.151. The van der Waals surface area contributed by atoms with Crippen LogP contribution < -0.4 is 9.47 Å². The van der Waals surface area contributed by atoms with E-state index in [0.717, 1.165) is 16.0 Å². The molecule has 0 N–H and O–H groups in total. The second-order valence-corrected chi connectivity index (χ2v) is 7.15. The third kappa shape index (κ3) is 3.90. The Labute approximate surface area is 162 Å². The van der Waals surface area contributed by atoms with E-state index in [1.54, 1.807) is 44.6 Å². The number of ether oxygens (including phenoxy) is 3. The van der Waals surface area contributed by atoms with Crippen molar-refractivity contribution in [2.75, 3.05) is 20.8 Å². The predicted molar refractivity (Wildman–Crippen MR) is 104 cm³/mol. The topological polar surface area (TPSA) is 61.8 Å². The van der Waals surface area contributed by atoms with Crippen LogP contribution in [-0.2, 0) is 14.3 Å². The molecule has 0 aliphatic heterocycles. The number of hydrogen-bond acceptors (Lipinski definition) is 6. The summed E-state index contributed by atoms with van der Waals surface area (Å²) in [4.78, 5) is 26.4. The minimum Gasteiger partial charge on any atom is -0.493 e. The number of benzene rings is 1. The molecule has 0 saturated carbocycles. The number of allylic oxidation sites excluding steroid dienone is 2. The van der Waals surface area contributed by atoms with Crippen molar-refractivity contribution in [1.82, 2.24) is 0 Å². The number of ketones is 1. The molecular formula is C21H22O5S. The molecule has 6 heteroatoms. The molecule has 1 aliphatic carbocycles. The van der Waals surface area contributed by atoms with E-state index in [-0.39, 0.29) is 18.3 Å². The van der Waals surface area contributed by atoms with Gasteiger partial charge >= 0.3 is 5.97 Å². The predicted octanol–water partition coefficient (Wildman–Crippen LogP) is 4.08. The van der Waals surface area contributed by atoms with Crippen LogP contribution in [0.1, 0.15) is 29.7 Å². The van der Waals surface area contributed by atoms with E-state index in [1.165, 1.54) is 0 Å². The fourth-order valence-corrected chi connectivity index (χ4v) is 4.17. The standard InChI is InChI=1S/C21H22O5S/c1-4-26-21(23)20-15(13-7-8-17(24-2)18(12-13)25-3)10-14(11-16(20)22)19-6-5-9-27-19/h5-9,11-12,15,20H,4,10H2,1-3H3/t15-,20-/m1/s1. The Morgan fingerprint density at radius 3 is 2.59 bits per heavy atom. The van der Waals surface area contributed by atoms with Crippen molar-refractivity contribution < 1.29 is 23.8 Å². The van der Waals surface area contributed by atoms with Gasteiger partial charge in [0.25, 0.3) is 0 Å². The zero-order chi connectivity index (χ0) is 19.4. The van der Waals surface area contributed by atoms with Crippen molar-refractivity contribution in [3.8, 4) is 11.5 Å². The molecule has 5 nitrogen and oxygen atoms in total. The molecule has 142 valence electrons. The molecule has 0 fully saturated rings. The Morgan fingerprint density at radius 2 is 1.96 bits per heavy atom. The van der Waals surface area contributed by atoms with Gasteiger partial charge in [-0.05, 0) is 54.1 Å². The van der Waals surface area contributed by atoms with Crippen molar-refractivity contribution in [2.24, 2.45) is 5.92 Å². The number of hydrogen-bond donors (Lipinski definition) is 0. The minimum absolute atomic E-state index is 0.220. The second kappa shape index (κ2) is 8.39. The van der Waals surface area contributed by atoms with Crippen LogP contribution in [0.5, 0.6) is 11.5 Å². The van der Waals surface area contributed by atoms with Crippen LogP contribution in [0.25, 0.3) is 5.57 Å². The minimum atomic E-state index is -0.855. The van der Waals surface area contributed by atoms with Gasteiger partial charge in [0.05, 0.1) is 20.8 Å². The first-order valence-corrected chi connectivity index (χ1v) is 9.63. The third-order valence-electron chi connectivity index (χ3n) is 4.68. The molecule has 0 amide bonds. The molecule has 0 saturated heterocycles. The normalized spacial score (nSPS) is 19.4. The Kier molecular flexibility index (Phi) is 5.96. The monoisotopic (exact) mass is 386 g/mol. The summed E-state index contributed by atoms with van der Waals surface area (Å²) in [6.07, 6.45) is 2.16. The number of methoxy groups -OCH3 is 2. The largest absolute Gasteiger partial charge is 0.493 e. The SMILES string of the molecule is CCOC(=O)[C@H]1C(=O)C=C(c2cccs2)C[C@@H]1c1ccc(OC)c(OC)c1. The first-order valence-electron chi connectivity index (χ1n) is 8.75. The van der Waals surface area contributed by atoms with Crippen LogP contribution in [0.15, 0.2) is 41.8 Å². The molecule has 27 heavy (non-hydrogen) atoms. The lowest BCUT2D eigenvalue weighted by atomic mass is 9.74. The lowest BCUT2D eigenvalue weighted by Gasteiger charge is -2.29. The van der Waals surface area contributed by atoms with E-state index < -0.39 is 11.9 Å². The van der Waals surface area contributed by atoms with Gasteiger partial charge < -0.3 is 14.2 Å². The molecule has 1 heterocycles. The number of esters is 1. The Balaban J connectivity index is 2.04. The van der Waals surface area contributed by atoms with Gasteiger partial charge in [-0.25, -0.2) is 0 Å². The highest BCUT2D eigenvalue weighted by molar-refractivity contribution is 7.11. The fourth-order valence-electron chi connectivity index (χ4n) is 3.41. The molecule has 1 aliphatic rings. The van der Waals surface area contributed by atoms with Crippen molar-refractivity contribution in [3.05, 3.63) is 52.2 Å². The molecule has 2 aromatic rings. The summed E-state index contributed by atoms with van der Waals surface area (Å²) in [6, 6.07) is 9.45. The number of rotatable bonds is 6. The van der Waals surface area contributed by atoms with Crippen LogP contribution in [0.4, 0.5) is 0 Å². The average Bonchev–Trinajstić information content (AvgIpc) is 3.21. The van der Waals surface area contributed by atoms with Gasteiger partial charge in [0.2, 0.25) is 0 Å². The van der Waals surface area contributed by atoms with Crippen molar-refractivity contribution in [2.45, 2.75) is 19.3 Å². The molecular weight excluding hydrogens is 364 g/mol. The smallest absolute Gasteiger partial charge is 0.317 e. The molecule has 1 aromatic carbocycles. The molecule has 0 spiro atoms. The van der Waals surface area contributed by atoms with Gasteiger partial charge in [-0.1, -0.05) is 12.1 Å². The molecule has 0 radical (unpaired) electrons. The molecule has 0 bridgehead atoms. The third-order valence-corrected chi connectivity index (χ3v) is 5.62. The summed E-state index contributed by atoms with van der Waals surface area (Å²) in [7, 11) is 3.13. The van der Waals surface area contributed by atoms with Gasteiger partial charge in [0.1, 0.15) is 5.92 Å². The summed E-state index contributed by atoms with van der Waals surface area (Å²) in [5.41, 5.74) is 1.79. The first kappa shape index (κ1) is 19.2. The van der Waals surface area contributed by atoms with E-state index >= 15 is 0 Å². The van der Waals surface area contributed by atoms with E-state index in [1.807, 2.05) is 29.6 Å². The van der Waals surface area contributed by atoms with E-state index in [2.05, 4.69) is 0 Å². The Morgan fingerprint density at radius 1 is 1.19 bits per heavy atom. The van der Waals surface area contributed by atoms with Crippen LogP contribution in [0.2, 0.25) is 0 Å². The summed E-state index contributed by atoms with van der Waals surface area (Å²) < 4.78 is 15.9. The number of carbonyl (C=O) groups excluding carboxylic acids is 2. The maximum Gasteiger partial charge on any atom is 0.317 e. The van der Waals surface area contributed by atoms with Crippen LogP contribution in [0, 0.1) is 5.92 Å². The number of carbonyl (C=O) groups is 2. The molecule has 2 atom stereocenters. The zero-order valence-electron chi connectivity index (χ0n) is 15.6. The van der Waals surface area contributed by atoms with Crippen molar-refractivity contribution in [3.63, 3.8) is 0 Å². The maximum atomic E-state index is 12.8. The summed E-state index contributed by atoms with van der Waals surface area (Å²) >= 11 is 1.58. The van der Waals surface area contributed by atoms with Gasteiger partial charge in [-0.15, -0.1) is 11.3 Å². The summed E-state index contributed by atoms with van der Waals surface area (Å²) in [6.45, 7) is 1.98. The molecule has 3 rings (SSSR count). The van der Waals surface area contributed by atoms with Crippen molar-refractivity contribution in [1.29, 1.82) is 0 Å². The average molecular weight is 386 g/mol. The highest BCUT2D eigenvalue weighted by atomic mass is 32.1. The van der Waals surface area contributed by atoms with Gasteiger partial charge in [0.15, 0.2) is 17.3 Å². The molecule has 1 aromatic heterocycles. The van der Waals surface area contributed by atoms with Gasteiger partial charge in [-0.3, -0.25) is 9.59 Å². The fraction of sp³-hybridized carbons (Fsp3) is 0.333. The van der Waals surface area contributed by atoms with E-state index in [4.69, 9.17) is 14.2 Å². The van der Waals surface area contributed by atoms with E-state index in [9.17, 15) is 9.59 Å².